The number of nitrogens with zero attached hydrogens (tertiary/aromatic N) is 1. The number of hydrogen-bond acceptors (Lipinski definition) is 4. The normalized spacial score (nSPS) is 20.7. The summed E-state index contributed by atoms with van der Waals surface area (Å²) in [5.41, 5.74) is 8.43. The minimum absolute atomic E-state index is 0.0640. The average molecular weight is 566 g/mol. The minimum Gasteiger partial charge on any atom is -0.489 e. The third-order valence-electron chi connectivity index (χ3n) is 8.82. The molecular formula is C38H47NO3. The highest BCUT2D eigenvalue weighted by Gasteiger charge is 2.26. The van der Waals surface area contributed by atoms with Gasteiger partial charge < -0.3 is 9.47 Å². The lowest BCUT2D eigenvalue weighted by atomic mass is 9.83. The monoisotopic (exact) mass is 565 g/mol. The van der Waals surface area contributed by atoms with Gasteiger partial charge in [0.1, 0.15) is 18.0 Å². The van der Waals surface area contributed by atoms with Crippen molar-refractivity contribution in [1.29, 1.82) is 0 Å². The van der Waals surface area contributed by atoms with Crippen LogP contribution in [0.4, 0.5) is 5.69 Å². The van der Waals surface area contributed by atoms with E-state index in [1.165, 1.54) is 59.9 Å². The van der Waals surface area contributed by atoms with E-state index in [9.17, 15) is 4.79 Å². The zero-order valence-electron chi connectivity index (χ0n) is 26.1. The first-order valence-electron chi connectivity index (χ1n) is 15.9. The van der Waals surface area contributed by atoms with Gasteiger partial charge in [0.2, 0.25) is 0 Å². The minimum atomic E-state index is -0.406. The summed E-state index contributed by atoms with van der Waals surface area (Å²) in [6, 6.07) is 23.5. The van der Waals surface area contributed by atoms with Crippen LogP contribution < -0.4 is 4.74 Å². The molecule has 0 aromatic heterocycles. The van der Waals surface area contributed by atoms with E-state index in [-0.39, 0.29) is 5.97 Å². The Labute approximate surface area is 252 Å². The van der Waals surface area contributed by atoms with E-state index in [4.69, 9.17) is 14.5 Å². The number of ether oxygens (including phenoxy) is 2. The first kappa shape index (κ1) is 30.1. The summed E-state index contributed by atoms with van der Waals surface area (Å²) in [4.78, 5) is 17.5. The molecule has 3 unspecified atom stereocenters. The molecule has 42 heavy (non-hydrogen) atoms. The Kier molecular flexibility index (Phi) is 9.50. The lowest BCUT2D eigenvalue weighted by Crippen LogP contribution is -2.24. The van der Waals surface area contributed by atoms with Gasteiger partial charge in [0.05, 0.1) is 11.4 Å². The SMILES string of the molecule is Cc1cc(C2CCCC(CCC(=O)OC(C)(C)C)CC2)cc2c1CC(C)C(c1ccc(OCc3ccccc3)cc1)=N2. The van der Waals surface area contributed by atoms with Crippen LogP contribution in [0.2, 0.25) is 0 Å². The predicted octanol–water partition coefficient (Wildman–Crippen LogP) is 9.67. The van der Waals surface area contributed by atoms with Crippen LogP contribution >= 0.6 is 0 Å². The molecule has 4 nitrogen and oxygen atoms in total. The van der Waals surface area contributed by atoms with Crippen molar-refractivity contribution >= 4 is 17.4 Å². The lowest BCUT2D eigenvalue weighted by Gasteiger charge is -2.26. The first-order valence-corrected chi connectivity index (χ1v) is 15.9. The molecule has 0 N–H and O–H groups in total. The molecule has 0 amide bonds. The second-order valence-corrected chi connectivity index (χ2v) is 13.4. The molecule has 0 spiro atoms. The van der Waals surface area contributed by atoms with Gasteiger partial charge in [-0.15, -0.1) is 0 Å². The number of rotatable bonds is 8. The molecule has 1 saturated carbocycles. The quantitative estimate of drug-likeness (QED) is 0.202. The molecule has 0 radical (unpaired) electrons. The lowest BCUT2D eigenvalue weighted by molar-refractivity contribution is -0.155. The van der Waals surface area contributed by atoms with E-state index in [0.29, 0.717) is 30.8 Å². The van der Waals surface area contributed by atoms with Crippen LogP contribution in [-0.4, -0.2) is 17.3 Å². The van der Waals surface area contributed by atoms with Gasteiger partial charge in [0, 0.05) is 12.3 Å². The summed E-state index contributed by atoms with van der Waals surface area (Å²) in [6.07, 6.45) is 8.45. The van der Waals surface area contributed by atoms with Crippen molar-refractivity contribution in [2.75, 3.05) is 0 Å². The second kappa shape index (κ2) is 13.3. The van der Waals surface area contributed by atoms with Gasteiger partial charge in [-0.2, -0.15) is 0 Å². The van der Waals surface area contributed by atoms with Crippen molar-refractivity contribution in [1.82, 2.24) is 0 Å². The van der Waals surface area contributed by atoms with Gasteiger partial charge in [-0.25, -0.2) is 0 Å². The second-order valence-electron chi connectivity index (χ2n) is 13.4. The third kappa shape index (κ3) is 7.91. The van der Waals surface area contributed by atoms with E-state index in [1.807, 2.05) is 39.0 Å². The van der Waals surface area contributed by atoms with E-state index in [1.54, 1.807) is 0 Å². The molecule has 3 aromatic carbocycles. The van der Waals surface area contributed by atoms with Crippen LogP contribution in [0.15, 0.2) is 71.7 Å². The maximum absolute atomic E-state index is 12.3. The van der Waals surface area contributed by atoms with E-state index >= 15 is 0 Å². The Balaban J connectivity index is 1.25. The van der Waals surface area contributed by atoms with Gasteiger partial charge in [0.15, 0.2) is 0 Å². The van der Waals surface area contributed by atoms with Crippen molar-refractivity contribution in [3.63, 3.8) is 0 Å². The number of carbonyl (C=O) groups excluding carboxylic acids is 1. The van der Waals surface area contributed by atoms with Gasteiger partial charge >= 0.3 is 5.97 Å². The summed E-state index contributed by atoms with van der Waals surface area (Å²) in [5, 5.41) is 0. The summed E-state index contributed by atoms with van der Waals surface area (Å²) >= 11 is 0. The fourth-order valence-electron chi connectivity index (χ4n) is 6.60. The molecule has 1 heterocycles. The van der Waals surface area contributed by atoms with E-state index in [2.05, 4.69) is 62.4 Å². The van der Waals surface area contributed by atoms with Gasteiger partial charge in [-0.3, -0.25) is 9.79 Å². The molecular weight excluding hydrogens is 518 g/mol. The summed E-state index contributed by atoms with van der Waals surface area (Å²) in [6.45, 7) is 10.9. The zero-order chi connectivity index (χ0) is 29.7. The Morgan fingerprint density at radius 2 is 1.71 bits per heavy atom. The Morgan fingerprint density at radius 1 is 0.952 bits per heavy atom. The fourth-order valence-corrected chi connectivity index (χ4v) is 6.60. The summed E-state index contributed by atoms with van der Waals surface area (Å²) < 4.78 is 11.6. The van der Waals surface area contributed by atoms with Crippen LogP contribution in [0.5, 0.6) is 5.75 Å². The molecule has 1 fully saturated rings. The number of hydrogen-bond donors (Lipinski definition) is 0. The zero-order valence-corrected chi connectivity index (χ0v) is 26.1. The highest BCUT2D eigenvalue weighted by atomic mass is 16.6. The molecule has 0 bridgehead atoms. The molecule has 1 aliphatic carbocycles. The highest BCUT2D eigenvalue weighted by molar-refractivity contribution is 6.05. The molecule has 222 valence electrons. The predicted molar refractivity (Wildman–Crippen MR) is 172 cm³/mol. The van der Waals surface area contributed by atoms with Crippen LogP contribution in [-0.2, 0) is 22.6 Å². The number of aryl methyl sites for hydroxylation is 1. The number of aliphatic imine (C=N–C) groups is 1. The Hall–Kier alpha value is -3.40. The number of benzene rings is 3. The van der Waals surface area contributed by atoms with Crippen molar-refractivity contribution in [2.24, 2.45) is 16.8 Å². The van der Waals surface area contributed by atoms with Gasteiger partial charge in [-0.1, -0.05) is 56.2 Å². The molecule has 5 rings (SSSR count). The average Bonchev–Trinajstić information content (AvgIpc) is 3.21. The molecule has 2 aliphatic rings. The van der Waals surface area contributed by atoms with Crippen molar-refractivity contribution in [3.8, 4) is 5.75 Å². The van der Waals surface area contributed by atoms with Gasteiger partial charge in [-0.05, 0) is 130 Å². The topological polar surface area (TPSA) is 47.9 Å². The molecule has 3 aromatic rings. The number of fused-ring (bicyclic) bond motifs is 1. The molecule has 1 aliphatic heterocycles. The standard InChI is InChI=1S/C38H47NO3/c1-26-22-32(30-13-9-12-28(14-16-30)15-21-36(40)42-38(3,4)5)24-35-34(26)23-27(2)37(39-35)31-17-19-33(20-18-31)41-25-29-10-7-6-8-11-29/h6-8,10-11,17-20,22,24,27-28,30H,9,12-16,21,23,25H2,1-5H3. The van der Waals surface area contributed by atoms with Crippen LogP contribution in [0.1, 0.15) is 106 Å². The fraction of sp³-hybridized carbons (Fsp3) is 0.474. The Bertz CT molecular complexity index is 1380. The van der Waals surface area contributed by atoms with Crippen molar-refractivity contribution < 1.29 is 14.3 Å². The molecule has 3 atom stereocenters. The third-order valence-corrected chi connectivity index (χ3v) is 8.82. The smallest absolute Gasteiger partial charge is 0.306 e. The van der Waals surface area contributed by atoms with Crippen LogP contribution in [0, 0.1) is 18.8 Å². The van der Waals surface area contributed by atoms with Gasteiger partial charge in [0.25, 0.3) is 0 Å². The van der Waals surface area contributed by atoms with Crippen molar-refractivity contribution in [2.45, 2.75) is 104 Å². The summed E-state index contributed by atoms with van der Waals surface area (Å²) in [7, 11) is 0. The maximum atomic E-state index is 12.3. The maximum Gasteiger partial charge on any atom is 0.306 e. The highest BCUT2D eigenvalue weighted by Crippen LogP contribution is 2.41. The number of carbonyl (C=O) groups is 1. The first-order chi connectivity index (χ1) is 20.1. The number of esters is 1. The van der Waals surface area contributed by atoms with Crippen molar-refractivity contribution in [3.05, 3.63) is 94.5 Å². The van der Waals surface area contributed by atoms with Crippen LogP contribution in [0.3, 0.4) is 0 Å². The Morgan fingerprint density at radius 3 is 2.45 bits per heavy atom. The summed E-state index contributed by atoms with van der Waals surface area (Å²) in [5.74, 6) is 2.33. The van der Waals surface area contributed by atoms with Crippen LogP contribution in [0.25, 0.3) is 0 Å². The van der Waals surface area contributed by atoms with E-state index in [0.717, 1.165) is 30.0 Å². The van der Waals surface area contributed by atoms with E-state index < -0.39 is 5.60 Å². The largest absolute Gasteiger partial charge is 0.489 e. The molecule has 0 saturated heterocycles. The molecule has 4 heteroatoms.